The molecule has 0 aliphatic heterocycles. The molecule has 1 aromatic carbocycles. The van der Waals surface area contributed by atoms with Gasteiger partial charge in [0.15, 0.2) is 0 Å². The Morgan fingerprint density at radius 3 is 2.57 bits per heavy atom. The summed E-state index contributed by atoms with van der Waals surface area (Å²) in [5.74, 6) is 2.20. The Labute approximate surface area is 125 Å². The third kappa shape index (κ3) is 4.08. The minimum atomic E-state index is -0.0789. The lowest BCUT2D eigenvalue weighted by Crippen LogP contribution is -2.27. The van der Waals surface area contributed by atoms with Gasteiger partial charge in [-0.2, -0.15) is 4.98 Å². The number of hydrogen-bond acceptors (Lipinski definition) is 5. The fourth-order valence-corrected chi connectivity index (χ4v) is 1.93. The summed E-state index contributed by atoms with van der Waals surface area (Å²) in [6.07, 6.45) is 1.74. The smallest absolute Gasteiger partial charge is 0.225 e. The number of methoxy groups -OCH3 is 1. The Morgan fingerprint density at radius 1 is 1.14 bits per heavy atom. The van der Waals surface area contributed by atoms with Gasteiger partial charge in [0.2, 0.25) is 5.95 Å². The van der Waals surface area contributed by atoms with Gasteiger partial charge in [0.05, 0.1) is 7.11 Å². The molecule has 1 heterocycles. The maximum absolute atomic E-state index is 5.33. The van der Waals surface area contributed by atoms with Crippen LogP contribution < -0.4 is 15.4 Å². The highest BCUT2D eigenvalue weighted by Gasteiger charge is 2.12. The summed E-state index contributed by atoms with van der Waals surface area (Å²) < 4.78 is 5.33. The highest BCUT2D eigenvalue weighted by atomic mass is 16.5. The predicted octanol–water partition coefficient (Wildman–Crippen LogP) is 3.75. The average Bonchev–Trinajstić information content (AvgIpc) is 2.40. The Hall–Kier alpha value is -2.30. The first-order chi connectivity index (χ1) is 9.89. The second kappa shape index (κ2) is 5.99. The van der Waals surface area contributed by atoms with Gasteiger partial charge >= 0.3 is 0 Å². The monoisotopic (exact) mass is 286 g/mol. The van der Waals surface area contributed by atoms with E-state index in [0.29, 0.717) is 5.95 Å². The molecule has 5 nitrogen and oxygen atoms in total. The maximum Gasteiger partial charge on any atom is 0.225 e. The number of anilines is 3. The number of nitrogens with zero attached hydrogens (tertiary/aromatic N) is 2. The van der Waals surface area contributed by atoms with Crippen LogP contribution in [-0.4, -0.2) is 22.6 Å². The van der Waals surface area contributed by atoms with Crippen molar-refractivity contribution in [2.24, 2.45) is 0 Å². The van der Waals surface area contributed by atoms with Gasteiger partial charge in [0.25, 0.3) is 0 Å². The van der Waals surface area contributed by atoms with Crippen LogP contribution in [0.1, 0.15) is 26.3 Å². The molecule has 0 aliphatic rings. The molecule has 112 valence electrons. The normalized spacial score (nSPS) is 11.1. The van der Waals surface area contributed by atoms with E-state index in [1.165, 1.54) is 0 Å². The largest absolute Gasteiger partial charge is 0.496 e. The molecule has 2 N–H and O–H groups in total. The van der Waals surface area contributed by atoms with Crippen LogP contribution >= 0.6 is 0 Å². The predicted molar refractivity (Wildman–Crippen MR) is 86.4 cm³/mol. The fourth-order valence-electron chi connectivity index (χ4n) is 1.93. The molecule has 0 radical (unpaired) electrons. The van der Waals surface area contributed by atoms with E-state index >= 15 is 0 Å². The van der Waals surface area contributed by atoms with E-state index in [1.807, 2.05) is 31.2 Å². The SMILES string of the molecule is COc1cccc(Nc2ccnc(NC(C)(C)C)n2)c1C. The van der Waals surface area contributed by atoms with Crippen molar-refractivity contribution in [1.82, 2.24) is 9.97 Å². The number of nitrogens with one attached hydrogen (secondary N) is 2. The van der Waals surface area contributed by atoms with Gasteiger partial charge in [-0.25, -0.2) is 4.98 Å². The maximum atomic E-state index is 5.33. The van der Waals surface area contributed by atoms with Crippen LogP contribution in [0.25, 0.3) is 0 Å². The van der Waals surface area contributed by atoms with Crippen molar-refractivity contribution >= 4 is 17.5 Å². The van der Waals surface area contributed by atoms with Crippen molar-refractivity contribution in [3.05, 3.63) is 36.0 Å². The summed E-state index contributed by atoms with van der Waals surface area (Å²) >= 11 is 0. The zero-order valence-electron chi connectivity index (χ0n) is 13.2. The van der Waals surface area contributed by atoms with E-state index in [-0.39, 0.29) is 5.54 Å². The molecule has 0 saturated carbocycles. The standard InChI is InChI=1S/C16H22N4O/c1-11-12(7-6-8-13(11)21-5)18-14-9-10-17-15(19-14)20-16(2,3)4/h6-10H,1-5H3,(H2,17,18,19,20). The summed E-state index contributed by atoms with van der Waals surface area (Å²) in [7, 11) is 1.67. The van der Waals surface area contributed by atoms with Crippen molar-refractivity contribution in [3.63, 3.8) is 0 Å². The second-order valence-electron chi connectivity index (χ2n) is 5.90. The molecule has 1 aromatic heterocycles. The van der Waals surface area contributed by atoms with E-state index in [9.17, 15) is 0 Å². The first kappa shape index (κ1) is 15.1. The molecule has 0 amide bonds. The van der Waals surface area contributed by atoms with Gasteiger partial charge in [-0.1, -0.05) is 6.07 Å². The quantitative estimate of drug-likeness (QED) is 0.896. The zero-order chi connectivity index (χ0) is 15.5. The van der Waals surface area contributed by atoms with E-state index in [0.717, 1.165) is 22.8 Å². The molecule has 0 atom stereocenters. The number of rotatable bonds is 4. The van der Waals surface area contributed by atoms with Gasteiger partial charge < -0.3 is 15.4 Å². The van der Waals surface area contributed by atoms with E-state index in [4.69, 9.17) is 4.74 Å². The molecule has 0 bridgehead atoms. The molecule has 2 rings (SSSR count). The molecule has 0 unspecified atom stereocenters. The molecule has 2 aromatic rings. The molecule has 21 heavy (non-hydrogen) atoms. The zero-order valence-corrected chi connectivity index (χ0v) is 13.2. The van der Waals surface area contributed by atoms with Gasteiger partial charge in [-0.05, 0) is 45.9 Å². The Morgan fingerprint density at radius 2 is 1.90 bits per heavy atom. The number of aromatic nitrogens is 2. The summed E-state index contributed by atoms with van der Waals surface area (Å²) in [5.41, 5.74) is 1.93. The Bertz CT molecular complexity index is 620. The second-order valence-corrected chi connectivity index (χ2v) is 5.90. The summed E-state index contributed by atoms with van der Waals surface area (Å²) in [6, 6.07) is 7.72. The van der Waals surface area contributed by atoms with Crippen LogP contribution in [0, 0.1) is 6.92 Å². The Kier molecular flexibility index (Phi) is 4.31. The molecular formula is C16H22N4O. The van der Waals surface area contributed by atoms with Crippen molar-refractivity contribution in [2.75, 3.05) is 17.7 Å². The van der Waals surface area contributed by atoms with Crippen molar-refractivity contribution < 1.29 is 4.74 Å². The molecule has 0 saturated heterocycles. The third-order valence-electron chi connectivity index (χ3n) is 2.91. The van der Waals surface area contributed by atoms with E-state index in [2.05, 4.69) is 41.4 Å². The minimum absolute atomic E-state index is 0.0789. The van der Waals surface area contributed by atoms with Crippen molar-refractivity contribution in [1.29, 1.82) is 0 Å². The van der Waals surface area contributed by atoms with Crippen LogP contribution in [0.2, 0.25) is 0 Å². The minimum Gasteiger partial charge on any atom is -0.496 e. The topological polar surface area (TPSA) is 59.1 Å². The van der Waals surface area contributed by atoms with Crippen molar-refractivity contribution in [2.45, 2.75) is 33.2 Å². The van der Waals surface area contributed by atoms with Gasteiger partial charge in [-0.3, -0.25) is 0 Å². The molecule has 0 aliphatic carbocycles. The van der Waals surface area contributed by atoms with Crippen LogP contribution in [0.15, 0.2) is 30.5 Å². The number of hydrogen-bond donors (Lipinski definition) is 2. The fraction of sp³-hybridized carbons (Fsp3) is 0.375. The van der Waals surface area contributed by atoms with E-state index in [1.54, 1.807) is 13.3 Å². The van der Waals surface area contributed by atoms with Crippen molar-refractivity contribution in [3.8, 4) is 5.75 Å². The summed E-state index contributed by atoms with van der Waals surface area (Å²) in [6.45, 7) is 8.23. The van der Waals surface area contributed by atoms with Gasteiger partial charge in [0.1, 0.15) is 11.6 Å². The van der Waals surface area contributed by atoms with Gasteiger partial charge in [0, 0.05) is 23.0 Å². The number of ether oxygens (including phenoxy) is 1. The van der Waals surface area contributed by atoms with Crippen LogP contribution in [0.4, 0.5) is 17.5 Å². The average molecular weight is 286 g/mol. The third-order valence-corrected chi connectivity index (χ3v) is 2.91. The lowest BCUT2D eigenvalue weighted by atomic mass is 10.1. The Balaban J connectivity index is 2.22. The number of benzene rings is 1. The molecular weight excluding hydrogens is 264 g/mol. The summed E-state index contributed by atoms with van der Waals surface area (Å²) in [4.78, 5) is 8.71. The van der Waals surface area contributed by atoms with Gasteiger partial charge in [-0.15, -0.1) is 0 Å². The van der Waals surface area contributed by atoms with Crippen LogP contribution in [0.5, 0.6) is 5.75 Å². The lowest BCUT2D eigenvalue weighted by molar-refractivity contribution is 0.412. The molecule has 0 fully saturated rings. The molecule has 0 spiro atoms. The first-order valence-electron chi connectivity index (χ1n) is 6.91. The molecule has 5 heteroatoms. The van der Waals surface area contributed by atoms with Crippen LogP contribution in [0.3, 0.4) is 0 Å². The highest BCUT2D eigenvalue weighted by molar-refractivity contribution is 5.64. The van der Waals surface area contributed by atoms with E-state index < -0.39 is 0 Å². The lowest BCUT2D eigenvalue weighted by Gasteiger charge is -2.20. The van der Waals surface area contributed by atoms with Crippen LogP contribution in [-0.2, 0) is 0 Å². The summed E-state index contributed by atoms with van der Waals surface area (Å²) in [5, 5.41) is 6.56. The highest BCUT2D eigenvalue weighted by Crippen LogP contribution is 2.27. The first-order valence-corrected chi connectivity index (χ1v) is 6.91.